The van der Waals surface area contributed by atoms with Gasteiger partial charge < -0.3 is 14.2 Å². The Morgan fingerprint density at radius 3 is 2.60 bits per heavy atom. The van der Waals surface area contributed by atoms with E-state index in [2.05, 4.69) is 27.6 Å². The van der Waals surface area contributed by atoms with Gasteiger partial charge in [0.1, 0.15) is 0 Å². The number of aliphatic imine (C=N–C) groups is 1. The SMILES string of the molecule is COc1cc(/C=C2\N=C(c3ccccc3C)OC2=O)cc(I)c1OC. The molecule has 6 heteroatoms. The third kappa shape index (κ3) is 3.53. The van der Waals surface area contributed by atoms with Crippen LogP contribution in [0.15, 0.2) is 47.1 Å². The van der Waals surface area contributed by atoms with Gasteiger partial charge in [-0.2, -0.15) is 0 Å². The smallest absolute Gasteiger partial charge is 0.363 e. The molecular weight excluding hydrogens is 433 g/mol. The molecule has 25 heavy (non-hydrogen) atoms. The van der Waals surface area contributed by atoms with E-state index in [1.54, 1.807) is 26.4 Å². The topological polar surface area (TPSA) is 57.1 Å². The summed E-state index contributed by atoms with van der Waals surface area (Å²) in [5, 5.41) is 0. The van der Waals surface area contributed by atoms with Crippen molar-refractivity contribution in [3.05, 3.63) is 62.4 Å². The largest absolute Gasteiger partial charge is 0.493 e. The summed E-state index contributed by atoms with van der Waals surface area (Å²) in [6.45, 7) is 1.95. The molecule has 128 valence electrons. The first-order valence-corrected chi connectivity index (χ1v) is 8.61. The van der Waals surface area contributed by atoms with E-state index < -0.39 is 5.97 Å². The molecule has 0 aromatic heterocycles. The van der Waals surface area contributed by atoms with Crippen molar-refractivity contribution in [2.24, 2.45) is 4.99 Å². The molecule has 3 rings (SSSR count). The van der Waals surface area contributed by atoms with Gasteiger partial charge in [-0.1, -0.05) is 18.2 Å². The number of hydrogen-bond acceptors (Lipinski definition) is 5. The highest BCUT2D eigenvalue weighted by molar-refractivity contribution is 14.1. The summed E-state index contributed by atoms with van der Waals surface area (Å²) in [5.41, 5.74) is 2.84. The Kier molecular flexibility index (Phi) is 5.08. The summed E-state index contributed by atoms with van der Waals surface area (Å²) >= 11 is 2.16. The van der Waals surface area contributed by atoms with Gasteiger partial charge in [0.05, 0.1) is 17.8 Å². The van der Waals surface area contributed by atoms with Crippen LogP contribution in [-0.4, -0.2) is 26.1 Å². The van der Waals surface area contributed by atoms with Gasteiger partial charge in [-0.05, 0) is 64.9 Å². The molecule has 2 aromatic rings. The number of ether oxygens (including phenoxy) is 3. The second kappa shape index (κ2) is 7.26. The number of methoxy groups -OCH3 is 2. The van der Waals surface area contributed by atoms with E-state index >= 15 is 0 Å². The van der Waals surface area contributed by atoms with Gasteiger partial charge in [-0.15, -0.1) is 0 Å². The Morgan fingerprint density at radius 2 is 1.92 bits per heavy atom. The highest BCUT2D eigenvalue weighted by atomic mass is 127. The van der Waals surface area contributed by atoms with Crippen molar-refractivity contribution in [1.82, 2.24) is 0 Å². The Hall–Kier alpha value is -2.35. The number of esters is 1. The summed E-state index contributed by atoms with van der Waals surface area (Å²) in [6, 6.07) is 11.3. The van der Waals surface area contributed by atoms with E-state index in [0.717, 1.165) is 20.3 Å². The van der Waals surface area contributed by atoms with Crippen LogP contribution in [0.1, 0.15) is 16.7 Å². The standard InChI is InChI=1S/C19H16INO4/c1-11-6-4-5-7-13(11)18-21-15(19(22)25-18)9-12-8-14(20)17(24-3)16(10-12)23-2/h4-10H,1-3H3/b15-9-. The Bertz CT molecular complexity index is 902. The van der Waals surface area contributed by atoms with E-state index in [0.29, 0.717) is 17.4 Å². The fourth-order valence-corrected chi connectivity index (χ4v) is 3.36. The summed E-state index contributed by atoms with van der Waals surface area (Å²) in [6.07, 6.45) is 1.68. The fourth-order valence-electron chi connectivity index (χ4n) is 2.52. The molecule has 0 unspecified atom stereocenters. The molecule has 1 aliphatic rings. The van der Waals surface area contributed by atoms with E-state index in [-0.39, 0.29) is 5.70 Å². The van der Waals surface area contributed by atoms with Crippen molar-refractivity contribution in [3.63, 3.8) is 0 Å². The van der Waals surface area contributed by atoms with Gasteiger partial charge in [0, 0.05) is 5.56 Å². The molecule has 0 atom stereocenters. The monoisotopic (exact) mass is 449 g/mol. The van der Waals surface area contributed by atoms with Crippen LogP contribution in [0, 0.1) is 10.5 Å². The average molecular weight is 449 g/mol. The highest BCUT2D eigenvalue weighted by Crippen LogP contribution is 2.34. The van der Waals surface area contributed by atoms with Crippen molar-refractivity contribution in [3.8, 4) is 11.5 Å². The summed E-state index contributed by atoms with van der Waals surface area (Å²) in [7, 11) is 3.16. The van der Waals surface area contributed by atoms with E-state index in [1.165, 1.54) is 0 Å². The van der Waals surface area contributed by atoms with Crippen LogP contribution in [0.2, 0.25) is 0 Å². The van der Waals surface area contributed by atoms with Gasteiger partial charge in [0.15, 0.2) is 17.2 Å². The van der Waals surface area contributed by atoms with Crippen LogP contribution in [0.5, 0.6) is 11.5 Å². The number of nitrogens with zero attached hydrogens (tertiary/aromatic N) is 1. The zero-order valence-electron chi connectivity index (χ0n) is 14.0. The lowest BCUT2D eigenvalue weighted by Crippen LogP contribution is -2.06. The lowest BCUT2D eigenvalue weighted by Gasteiger charge is -2.10. The molecule has 0 radical (unpaired) electrons. The molecule has 0 N–H and O–H groups in total. The van der Waals surface area contributed by atoms with Gasteiger partial charge in [0.25, 0.3) is 0 Å². The third-order valence-corrected chi connectivity index (χ3v) is 4.56. The number of carbonyl (C=O) groups is 1. The highest BCUT2D eigenvalue weighted by Gasteiger charge is 2.25. The zero-order valence-corrected chi connectivity index (χ0v) is 16.2. The maximum absolute atomic E-state index is 12.2. The molecule has 0 bridgehead atoms. The first kappa shape index (κ1) is 17.5. The Morgan fingerprint density at radius 1 is 1.16 bits per heavy atom. The molecule has 5 nitrogen and oxygen atoms in total. The summed E-state index contributed by atoms with van der Waals surface area (Å²) in [5.74, 6) is 1.10. The molecule has 0 fully saturated rings. The molecule has 0 amide bonds. The lowest BCUT2D eigenvalue weighted by atomic mass is 10.1. The van der Waals surface area contributed by atoms with E-state index in [9.17, 15) is 4.79 Å². The minimum Gasteiger partial charge on any atom is -0.493 e. The Labute approximate surface area is 159 Å². The quantitative estimate of drug-likeness (QED) is 0.403. The maximum atomic E-state index is 12.2. The number of cyclic esters (lactones) is 1. The first-order valence-electron chi connectivity index (χ1n) is 7.53. The van der Waals surface area contributed by atoms with Crippen LogP contribution >= 0.6 is 22.6 Å². The molecule has 1 aliphatic heterocycles. The minimum atomic E-state index is -0.469. The predicted molar refractivity (Wildman–Crippen MR) is 104 cm³/mol. The summed E-state index contributed by atoms with van der Waals surface area (Å²) in [4.78, 5) is 16.5. The van der Waals surface area contributed by atoms with Gasteiger partial charge in [-0.25, -0.2) is 9.79 Å². The van der Waals surface area contributed by atoms with Crippen molar-refractivity contribution < 1.29 is 19.0 Å². The molecule has 2 aromatic carbocycles. The maximum Gasteiger partial charge on any atom is 0.363 e. The second-order valence-electron chi connectivity index (χ2n) is 5.39. The molecular formula is C19H16INO4. The molecule has 0 spiro atoms. The number of hydrogen-bond donors (Lipinski definition) is 0. The molecule has 0 saturated carbocycles. The van der Waals surface area contributed by atoms with Crippen LogP contribution in [0.25, 0.3) is 6.08 Å². The number of benzene rings is 2. The molecule has 0 aliphatic carbocycles. The van der Waals surface area contributed by atoms with Crippen molar-refractivity contribution in [2.45, 2.75) is 6.92 Å². The van der Waals surface area contributed by atoms with Crippen LogP contribution in [0.4, 0.5) is 0 Å². The van der Waals surface area contributed by atoms with Gasteiger partial charge in [-0.3, -0.25) is 0 Å². The second-order valence-corrected chi connectivity index (χ2v) is 6.55. The zero-order chi connectivity index (χ0) is 18.0. The number of halogens is 1. The van der Waals surface area contributed by atoms with E-state index in [1.807, 2.05) is 37.3 Å². The normalized spacial score (nSPS) is 15.1. The minimum absolute atomic E-state index is 0.251. The number of carbonyl (C=O) groups excluding carboxylic acids is 1. The van der Waals surface area contributed by atoms with Crippen LogP contribution in [-0.2, 0) is 9.53 Å². The van der Waals surface area contributed by atoms with Crippen molar-refractivity contribution in [1.29, 1.82) is 0 Å². The number of aryl methyl sites for hydroxylation is 1. The fraction of sp³-hybridized carbons (Fsp3) is 0.158. The Balaban J connectivity index is 2.00. The number of rotatable bonds is 4. The predicted octanol–water partition coefficient (Wildman–Crippen LogP) is 3.96. The van der Waals surface area contributed by atoms with E-state index in [4.69, 9.17) is 14.2 Å². The molecule has 0 saturated heterocycles. The van der Waals surface area contributed by atoms with Crippen molar-refractivity contribution in [2.75, 3.05) is 14.2 Å². The first-order chi connectivity index (χ1) is 12.0. The third-order valence-electron chi connectivity index (χ3n) is 3.76. The van der Waals surface area contributed by atoms with Crippen LogP contribution < -0.4 is 9.47 Å². The summed E-state index contributed by atoms with van der Waals surface area (Å²) < 4.78 is 16.9. The van der Waals surface area contributed by atoms with Crippen LogP contribution in [0.3, 0.4) is 0 Å². The lowest BCUT2D eigenvalue weighted by molar-refractivity contribution is -0.129. The molecule has 1 heterocycles. The average Bonchev–Trinajstić information content (AvgIpc) is 2.95. The van der Waals surface area contributed by atoms with Crippen molar-refractivity contribution >= 4 is 40.5 Å². The van der Waals surface area contributed by atoms with Gasteiger partial charge in [0.2, 0.25) is 5.90 Å². The van der Waals surface area contributed by atoms with Gasteiger partial charge >= 0.3 is 5.97 Å².